The maximum atomic E-state index is 13.8. The van der Waals surface area contributed by atoms with E-state index in [4.69, 9.17) is 8.83 Å². The Labute approximate surface area is 243 Å². The lowest BCUT2D eigenvalue weighted by molar-refractivity contribution is -0.114. The molecule has 1 atom stereocenters. The molecule has 2 aromatic carbocycles. The first-order valence-electron chi connectivity index (χ1n) is 12.0. The topological polar surface area (TPSA) is 77.7 Å². The van der Waals surface area contributed by atoms with Crippen LogP contribution in [0, 0.1) is 0 Å². The number of benzene rings is 2. The van der Waals surface area contributed by atoms with Gasteiger partial charge in [-0.1, -0.05) is 67.5 Å². The van der Waals surface area contributed by atoms with Crippen LogP contribution in [0.25, 0.3) is 28.7 Å². The van der Waals surface area contributed by atoms with Crippen molar-refractivity contribution in [3.63, 3.8) is 0 Å². The number of rotatable bonds is 5. The maximum Gasteiger partial charge on any atom is 0.271 e. The fourth-order valence-electron chi connectivity index (χ4n) is 4.64. The normalized spacial score (nSPS) is 15.4. The van der Waals surface area contributed by atoms with E-state index < -0.39 is 6.04 Å². The van der Waals surface area contributed by atoms with Crippen molar-refractivity contribution in [2.24, 2.45) is 4.99 Å². The van der Waals surface area contributed by atoms with Crippen LogP contribution < -0.4 is 14.9 Å². The molecule has 39 heavy (non-hydrogen) atoms. The van der Waals surface area contributed by atoms with Crippen molar-refractivity contribution in [2.75, 3.05) is 0 Å². The maximum absolute atomic E-state index is 13.8. The second-order valence-corrected chi connectivity index (χ2v) is 11.9. The fourth-order valence-corrected chi connectivity index (χ4v) is 6.19. The van der Waals surface area contributed by atoms with E-state index in [9.17, 15) is 9.59 Å². The van der Waals surface area contributed by atoms with Crippen LogP contribution in [0.5, 0.6) is 0 Å². The number of hydrogen-bond donors (Lipinski definition) is 0. The molecule has 0 saturated carbocycles. The number of allylic oxidation sites excluding steroid dienone is 2. The van der Waals surface area contributed by atoms with E-state index in [1.807, 2.05) is 72.8 Å². The average molecular weight is 664 g/mol. The molecule has 6 nitrogen and oxygen atoms in total. The number of carbonyl (C=O) groups excluding carboxylic acids is 1. The van der Waals surface area contributed by atoms with Gasteiger partial charge in [0.25, 0.3) is 5.56 Å². The van der Waals surface area contributed by atoms with Crippen molar-refractivity contribution in [3.05, 3.63) is 124 Å². The van der Waals surface area contributed by atoms with Gasteiger partial charge >= 0.3 is 0 Å². The summed E-state index contributed by atoms with van der Waals surface area (Å²) >= 11 is 8.15. The van der Waals surface area contributed by atoms with Gasteiger partial charge in [0.15, 0.2) is 10.6 Å². The quantitative estimate of drug-likeness (QED) is 0.206. The first-order valence-corrected chi connectivity index (χ1v) is 14.4. The van der Waals surface area contributed by atoms with Crippen LogP contribution >= 0.6 is 43.2 Å². The predicted octanol–water partition coefficient (Wildman–Crippen LogP) is 6.87. The molecule has 0 spiro atoms. The summed E-state index contributed by atoms with van der Waals surface area (Å²) in [5, 5.41) is 0. The average Bonchev–Trinajstić information content (AvgIpc) is 3.64. The van der Waals surface area contributed by atoms with E-state index >= 15 is 0 Å². The minimum Gasteiger partial charge on any atom is -0.458 e. The number of thiazole rings is 1. The van der Waals surface area contributed by atoms with Gasteiger partial charge in [-0.15, -0.1) is 0 Å². The molecular weight excluding hydrogens is 644 g/mol. The summed E-state index contributed by atoms with van der Waals surface area (Å²) in [6, 6.07) is 22.2. The van der Waals surface area contributed by atoms with Gasteiger partial charge in [-0.3, -0.25) is 14.2 Å². The number of ketones is 1. The monoisotopic (exact) mass is 662 g/mol. The number of carbonyl (C=O) groups is 1. The van der Waals surface area contributed by atoms with Crippen molar-refractivity contribution in [2.45, 2.75) is 19.9 Å². The molecule has 0 bridgehead atoms. The third-order valence-corrected chi connectivity index (χ3v) is 8.50. The van der Waals surface area contributed by atoms with Crippen LogP contribution in [0.15, 0.2) is 112 Å². The third-order valence-electron chi connectivity index (χ3n) is 6.45. The zero-order chi connectivity index (χ0) is 27.3. The summed E-state index contributed by atoms with van der Waals surface area (Å²) in [7, 11) is 0. The Hall–Kier alpha value is -3.53. The summed E-state index contributed by atoms with van der Waals surface area (Å²) < 4.78 is 16.2. The van der Waals surface area contributed by atoms with E-state index in [1.165, 1.54) is 18.3 Å². The van der Waals surface area contributed by atoms with Gasteiger partial charge in [0.2, 0.25) is 0 Å². The predicted molar refractivity (Wildman–Crippen MR) is 158 cm³/mol. The molecule has 1 aliphatic heterocycles. The highest BCUT2D eigenvalue weighted by Gasteiger charge is 2.33. The number of hydrogen-bond acceptors (Lipinski definition) is 6. The molecule has 0 amide bonds. The van der Waals surface area contributed by atoms with E-state index in [0.29, 0.717) is 43.6 Å². The second kappa shape index (κ2) is 10.2. The Morgan fingerprint density at radius 1 is 0.897 bits per heavy atom. The largest absolute Gasteiger partial charge is 0.458 e. The van der Waals surface area contributed by atoms with Gasteiger partial charge in [0.05, 0.1) is 4.53 Å². The molecule has 9 heteroatoms. The van der Waals surface area contributed by atoms with Gasteiger partial charge in [0, 0.05) is 37.4 Å². The van der Waals surface area contributed by atoms with Crippen molar-refractivity contribution in [1.82, 2.24) is 4.57 Å². The highest BCUT2D eigenvalue weighted by Crippen LogP contribution is 2.34. The smallest absolute Gasteiger partial charge is 0.271 e. The zero-order valence-electron chi connectivity index (χ0n) is 20.8. The molecule has 0 aliphatic carbocycles. The van der Waals surface area contributed by atoms with Crippen molar-refractivity contribution < 1.29 is 13.6 Å². The highest BCUT2D eigenvalue weighted by molar-refractivity contribution is 9.10. The van der Waals surface area contributed by atoms with Gasteiger partial charge in [-0.05, 0) is 62.4 Å². The summed E-state index contributed by atoms with van der Waals surface area (Å²) in [4.78, 5) is 31.7. The molecule has 0 N–H and O–H groups in total. The minimum atomic E-state index is -0.722. The van der Waals surface area contributed by atoms with Crippen molar-refractivity contribution in [3.8, 4) is 22.6 Å². The Kier molecular flexibility index (Phi) is 6.74. The molecule has 3 aromatic heterocycles. The minimum absolute atomic E-state index is 0.165. The van der Waals surface area contributed by atoms with Crippen LogP contribution in [-0.2, 0) is 4.79 Å². The third kappa shape index (κ3) is 4.86. The van der Waals surface area contributed by atoms with Crippen molar-refractivity contribution in [1.29, 1.82) is 0 Å². The lowest BCUT2D eigenvalue weighted by Crippen LogP contribution is -2.39. The van der Waals surface area contributed by atoms with Gasteiger partial charge in [0.1, 0.15) is 29.1 Å². The molecule has 0 unspecified atom stereocenters. The first-order chi connectivity index (χ1) is 18.8. The Bertz CT molecular complexity index is 1940. The first kappa shape index (κ1) is 25.7. The summed E-state index contributed by atoms with van der Waals surface area (Å²) in [6.07, 6.45) is 1.71. The molecule has 0 fully saturated rings. The number of nitrogens with zero attached hydrogens (tertiary/aromatic N) is 2. The second-order valence-electron chi connectivity index (χ2n) is 9.06. The molecule has 5 aromatic rings. The summed E-state index contributed by atoms with van der Waals surface area (Å²) in [5.74, 6) is 2.23. The molecular formula is C30H20Br2N2O4S. The highest BCUT2D eigenvalue weighted by atomic mass is 79.9. The molecule has 6 rings (SSSR count). The SMILES string of the molecule is CC(=O)C1=C(C)N=c2s/c(=C/c3ccc(-c4ccc(Br)cc4)o3)c(=O)n2[C@H]1c1ccc(-c2ccc(Br)cc2)o1. The Balaban J connectivity index is 1.45. The van der Waals surface area contributed by atoms with Gasteiger partial charge < -0.3 is 8.83 Å². The molecule has 194 valence electrons. The standard InChI is InChI=1S/C30H20Br2N2O4S/c1-16-27(17(2)35)28(25-14-13-24(38-25)19-5-9-21(32)10-6-19)34-29(36)26(39-30(34)33-16)15-22-11-12-23(37-22)18-3-7-20(31)8-4-18/h3-15,28H,1-2H3/b26-15+/t28-/m0/s1. The Morgan fingerprint density at radius 2 is 1.49 bits per heavy atom. The lowest BCUT2D eigenvalue weighted by Gasteiger charge is -2.22. The van der Waals surface area contributed by atoms with Crippen molar-refractivity contribution >= 4 is 55.1 Å². The van der Waals surface area contributed by atoms with Crippen LogP contribution in [0.3, 0.4) is 0 Å². The van der Waals surface area contributed by atoms with E-state index in [0.717, 1.165) is 20.1 Å². The van der Waals surface area contributed by atoms with Crippen LogP contribution in [-0.4, -0.2) is 10.4 Å². The van der Waals surface area contributed by atoms with E-state index in [2.05, 4.69) is 36.9 Å². The summed E-state index contributed by atoms with van der Waals surface area (Å²) in [5.41, 5.74) is 2.55. The Morgan fingerprint density at radius 3 is 2.10 bits per heavy atom. The zero-order valence-corrected chi connectivity index (χ0v) is 24.8. The molecule has 0 saturated heterocycles. The number of halogens is 2. The van der Waals surface area contributed by atoms with Crippen LogP contribution in [0.4, 0.5) is 0 Å². The van der Waals surface area contributed by atoms with Gasteiger partial charge in [-0.25, -0.2) is 4.99 Å². The summed E-state index contributed by atoms with van der Waals surface area (Å²) in [6.45, 7) is 3.28. The van der Waals surface area contributed by atoms with E-state index in [1.54, 1.807) is 17.6 Å². The lowest BCUT2D eigenvalue weighted by atomic mass is 9.98. The number of furan rings is 2. The molecule has 0 radical (unpaired) electrons. The number of Topliss-reactive ketones (excluding diaryl/α,β-unsaturated/α-hetero) is 1. The van der Waals surface area contributed by atoms with E-state index in [-0.39, 0.29) is 11.3 Å². The molecule has 1 aliphatic rings. The number of aromatic nitrogens is 1. The van der Waals surface area contributed by atoms with Crippen LogP contribution in [0.2, 0.25) is 0 Å². The fraction of sp³-hybridized carbons (Fsp3) is 0.100. The van der Waals surface area contributed by atoms with Crippen LogP contribution in [0.1, 0.15) is 31.4 Å². The van der Waals surface area contributed by atoms with Gasteiger partial charge in [-0.2, -0.15) is 0 Å². The molecule has 4 heterocycles. The number of fused-ring (bicyclic) bond motifs is 1.